The van der Waals surface area contributed by atoms with E-state index in [0.29, 0.717) is 17.7 Å². The Kier molecular flexibility index (Phi) is 4.46. The van der Waals surface area contributed by atoms with Crippen LogP contribution in [0.3, 0.4) is 0 Å². The molecule has 2 aromatic carbocycles. The highest BCUT2D eigenvalue weighted by Gasteiger charge is 2.21. The lowest BCUT2D eigenvalue weighted by Gasteiger charge is -2.18. The molecule has 0 aliphatic heterocycles. The zero-order valence-electron chi connectivity index (χ0n) is 10.1. The first kappa shape index (κ1) is 14.3. The molecule has 100 valence electrons. The largest absolute Gasteiger partial charge is 0.309 e. The minimum Gasteiger partial charge on any atom is -0.309 e. The topological polar surface area (TPSA) is 12.0 Å². The highest BCUT2D eigenvalue weighted by atomic mass is 127. The van der Waals surface area contributed by atoms with Crippen molar-refractivity contribution in [2.75, 3.05) is 7.05 Å². The molecule has 19 heavy (non-hydrogen) atoms. The summed E-state index contributed by atoms with van der Waals surface area (Å²) < 4.78 is 41.5. The Labute approximate surface area is 123 Å². The first-order valence-corrected chi connectivity index (χ1v) is 6.68. The van der Waals surface area contributed by atoms with Gasteiger partial charge in [-0.1, -0.05) is 12.1 Å². The Hall–Kier alpha value is -1.08. The average Bonchev–Trinajstić information content (AvgIpc) is 2.35. The SMILES string of the molecule is CNC(c1ccc(I)cc1)c1c(F)cc(F)cc1F. The molecular formula is C14H11F3IN. The summed E-state index contributed by atoms with van der Waals surface area (Å²) in [6, 6.07) is 7.98. The van der Waals surface area contributed by atoms with Crippen LogP contribution in [0, 0.1) is 21.0 Å². The van der Waals surface area contributed by atoms with Crippen LogP contribution in [-0.2, 0) is 0 Å². The van der Waals surface area contributed by atoms with Gasteiger partial charge >= 0.3 is 0 Å². The van der Waals surface area contributed by atoms with Crippen LogP contribution in [0.15, 0.2) is 36.4 Å². The molecule has 1 N–H and O–H groups in total. The van der Waals surface area contributed by atoms with Gasteiger partial charge in [-0.05, 0) is 47.3 Å². The molecule has 0 amide bonds. The Morgan fingerprint density at radius 1 is 1.00 bits per heavy atom. The lowest BCUT2D eigenvalue weighted by molar-refractivity contribution is 0.500. The summed E-state index contributed by atoms with van der Waals surface area (Å²) in [4.78, 5) is 0. The molecule has 0 bridgehead atoms. The molecule has 0 aliphatic carbocycles. The van der Waals surface area contributed by atoms with Gasteiger partial charge in [0.2, 0.25) is 0 Å². The van der Waals surface area contributed by atoms with Crippen molar-refractivity contribution in [2.24, 2.45) is 0 Å². The molecule has 1 unspecified atom stereocenters. The number of halogens is 4. The third-order valence-electron chi connectivity index (χ3n) is 2.82. The molecular weight excluding hydrogens is 366 g/mol. The van der Waals surface area contributed by atoms with Gasteiger partial charge in [-0.2, -0.15) is 0 Å². The normalized spacial score (nSPS) is 12.5. The molecule has 5 heteroatoms. The summed E-state index contributed by atoms with van der Waals surface area (Å²) in [6.07, 6.45) is 0. The van der Waals surface area contributed by atoms with Gasteiger partial charge in [-0.15, -0.1) is 0 Å². The molecule has 1 nitrogen and oxygen atoms in total. The van der Waals surface area contributed by atoms with Crippen LogP contribution in [-0.4, -0.2) is 7.05 Å². The number of hydrogen-bond acceptors (Lipinski definition) is 1. The maximum Gasteiger partial charge on any atom is 0.134 e. The van der Waals surface area contributed by atoms with E-state index in [2.05, 4.69) is 27.9 Å². The molecule has 0 fully saturated rings. The summed E-state index contributed by atoms with van der Waals surface area (Å²) >= 11 is 2.15. The van der Waals surface area contributed by atoms with Crippen molar-refractivity contribution in [3.63, 3.8) is 0 Å². The third kappa shape index (κ3) is 3.09. The molecule has 2 aromatic rings. The van der Waals surface area contributed by atoms with Gasteiger partial charge in [0.15, 0.2) is 0 Å². The lowest BCUT2D eigenvalue weighted by atomic mass is 9.98. The quantitative estimate of drug-likeness (QED) is 0.797. The minimum absolute atomic E-state index is 0.176. The number of nitrogens with one attached hydrogen (secondary N) is 1. The molecule has 0 spiro atoms. The molecule has 2 rings (SSSR count). The van der Waals surface area contributed by atoms with Gasteiger partial charge in [0, 0.05) is 21.3 Å². The molecule has 0 saturated heterocycles. The molecule has 0 radical (unpaired) electrons. The van der Waals surface area contributed by atoms with Crippen molar-refractivity contribution < 1.29 is 13.2 Å². The van der Waals surface area contributed by atoms with Crippen molar-refractivity contribution in [2.45, 2.75) is 6.04 Å². The van der Waals surface area contributed by atoms with Crippen molar-refractivity contribution in [1.82, 2.24) is 5.32 Å². The van der Waals surface area contributed by atoms with Crippen molar-refractivity contribution in [3.05, 3.63) is 68.5 Å². The highest BCUT2D eigenvalue weighted by molar-refractivity contribution is 14.1. The summed E-state index contributed by atoms with van der Waals surface area (Å²) in [5, 5.41) is 2.85. The van der Waals surface area contributed by atoms with Crippen LogP contribution in [0.25, 0.3) is 0 Å². The predicted octanol–water partition coefficient (Wildman–Crippen LogP) is 4.02. The first-order valence-electron chi connectivity index (χ1n) is 5.60. The van der Waals surface area contributed by atoms with E-state index in [1.807, 2.05) is 12.1 Å². The van der Waals surface area contributed by atoms with Crippen LogP contribution < -0.4 is 5.32 Å². The Balaban J connectivity index is 2.51. The average molecular weight is 377 g/mol. The van der Waals surface area contributed by atoms with Crippen LogP contribution in [0.1, 0.15) is 17.2 Å². The van der Waals surface area contributed by atoms with Crippen LogP contribution in [0.2, 0.25) is 0 Å². The van der Waals surface area contributed by atoms with E-state index >= 15 is 0 Å². The smallest absolute Gasteiger partial charge is 0.134 e. The second kappa shape index (κ2) is 5.92. The van der Waals surface area contributed by atoms with E-state index in [0.717, 1.165) is 3.57 Å². The minimum atomic E-state index is -0.920. The number of benzene rings is 2. The van der Waals surface area contributed by atoms with E-state index in [-0.39, 0.29) is 5.56 Å². The Morgan fingerprint density at radius 3 is 2.00 bits per heavy atom. The first-order chi connectivity index (χ1) is 9.02. The molecule has 1 atom stereocenters. The van der Waals surface area contributed by atoms with E-state index < -0.39 is 23.5 Å². The monoisotopic (exact) mass is 377 g/mol. The lowest BCUT2D eigenvalue weighted by Crippen LogP contribution is -2.20. The second-order valence-electron chi connectivity index (χ2n) is 4.06. The fourth-order valence-electron chi connectivity index (χ4n) is 1.96. The zero-order valence-corrected chi connectivity index (χ0v) is 12.2. The van der Waals surface area contributed by atoms with Gasteiger partial charge in [-0.3, -0.25) is 0 Å². The fourth-order valence-corrected chi connectivity index (χ4v) is 2.32. The summed E-state index contributed by atoms with van der Waals surface area (Å²) in [5.41, 5.74) is 0.539. The van der Waals surface area contributed by atoms with E-state index in [9.17, 15) is 13.2 Å². The predicted molar refractivity (Wildman–Crippen MR) is 76.4 cm³/mol. The summed E-state index contributed by atoms with van der Waals surface area (Å²) in [5.74, 6) is -2.71. The van der Waals surface area contributed by atoms with Gasteiger partial charge < -0.3 is 5.32 Å². The van der Waals surface area contributed by atoms with Crippen molar-refractivity contribution >= 4 is 22.6 Å². The fraction of sp³-hybridized carbons (Fsp3) is 0.143. The van der Waals surface area contributed by atoms with Crippen LogP contribution in [0.4, 0.5) is 13.2 Å². The van der Waals surface area contributed by atoms with Gasteiger partial charge in [0.05, 0.1) is 6.04 Å². The third-order valence-corrected chi connectivity index (χ3v) is 3.54. The summed E-state index contributed by atoms with van der Waals surface area (Å²) in [6.45, 7) is 0. The molecule has 0 saturated carbocycles. The van der Waals surface area contributed by atoms with Crippen LogP contribution in [0.5, 0.6) is 0 Å². The standard InChI is InChI=1S/C14H11F3IN/c1-19-14(8-2-4-10(18)5-3-8)13-11(16)6-9(15)7-12(13)17/h2-7,14,19H,1H3. The molecule has 0 aromatic heterocycles. The maximum atomic E-state index is 13.8. The zero-order chi connectivity index (χ0) is 14.0. The van der Waals surface area contributed by atoms with Crippen molar-refractivity contribution in [3.8, 4) is 0 Å². The van der Waals surface area contributed by atoms with E-state index in [1.165, 1.54) is 0 Å². The molecule has 0 heterocycles. The van der Waals surface area contributed by atoms with E-state index in [4.69, 9.17) is 0 Å². The second-order valence-corrected chi connectivity index (χ2v) is 5.30. The van der Waals surface area contributed by atoms with Crippen LogP contribution >= 0.6 is 22.6 Å². The molecule has 0 aliphatic rings. The van der Waals surface area contributed by atoms with Gasteiger partial charge in [0.1, 0.15) is 17.5 Å². The van der Waals surface area contributed by atoms with Crippen molar-refractivity contribution in [1.29, 1.82) is 0 Å². The van der Waals surface area contributed by atoms with Gasteiger partial charge in [-0.25, -0.2) is 13.2 Å². The number of rotatable bonds is 3. The summed E-state index contributed by atoms with van der Waals surface area (Å²) in [7, 11) is 1.60. The Bertz CT molecular complexity index is 561. The van der Waals surface area contributed by atoms with E-state index in [1.54, 1.807) is 19.2 Å². The Morgan fingerprint density at radius 2 is 1.53 bits per heavy atom. The van der Waals surface area contributed by atoms with Gasteiger partial charge in [0.25, 0.3) is 0 Å². The highest BCUT2D eigenvalue weighted by Crippen LogP contribution is 2.27. The number of hydrogen-bond donors (Lipinski definition) is 1. The maximum absolute atomic E-state index is 13.8.